The Labute approximate surface area is 108 Å². The van der Waals surface area contributed by atoms with Crippen LogP contribution in [0.25, 0.3) is 0 Å². The molecule has 0 radical (unpaired) electrons. The molecule has 1 unspecified atom stereocenters. The topological polar surface area (TPSA) is 30.5 Å². The highest BCUT2D eigenvalue weighted by atomic mass is 16.7. The van der Waals surface area contributed by atoms with E-state index in [0.29, 0.717) is 12.8 Å². The van der Waals surface area contributed by atoms with Crippen LogP contribution in [0.15, 0.2) is 18.2 Å². The first-order valence-electron chi connectivity index (χ1n) is 6.37. The number of unbranched alkanes of at least 4 members (excludes halogenated alkanes) is 2. The van der Waals surface area contributed by atoms with Gasteiger partial charge in [-0.05, 0) is 44.0 Å². The quantitative estimate of drug-likeness (QED) is 0.617. The van der Waals surface area contributed by atoms with Gasteiger partial charge in [0, 0.05) is 12.5 Å². The van der Waals surface area contributed by atoms with Crippen LogP contribution in [0.4, 0.5) is 0 Å². The van der Waals surface area contributed by atoms with E-state index in [2.05, 4.69) is 24.2 Å². The SMILES string of the molecule is C#CCCCCNC(C)c1ccc2c(c1)OCO2. The van der Waals surface area contributed by atoms with Gasteiger partial charge >= 0.3 is 0 Å². The molecule has 1 aliphatic heterocycles. The minimum Gasteiger partial charge on any atom is -0.454 e. The molecule has 96 valence electrons. The van der Waals surface area contributed by atoms with Gasteiger partial charge in [0.15, 0.2) is 11.5 Å². The molecule has 0 saturated carbocycles. The molecule has 0 aromatic heterocycles. The van der Waals surface area contributed by atoms with Crippen molar-refractivity contribution >= 4 is 0 Å². The standard InChI is InChI=1S/C15H19NO2/c1-3-4-5-6-9-16-12(2)13-7-8-14-15(10-13)18-11-17-14/h1,7-8,10,12,16H,4-6,9,11H2,2H3. The fraction of sp³-hybridized carbons (Fsp3) is 0.467. The highest BCUT2D eigenvalue weighted by Crippen LogP contribution is 2.34. The summed E-state index contributed by atoms with van der Waals surface area (Å²) in [5.41, 5.74) is 1.22. The maximum Gasteiger partial charge on any atom is 0.231 e. The highest BCUT2D eigenvalue weighted by Gasteiger charge is 2.15. The number of hydrogen-bond donors (Lipinski definition) is 1. The molecule has 1 aliphatic rings. The molecule has 3 heteroatoms. The molecule has 1 heterocycles. The van der Waals surface area contributed by atoms with Gasteiger partial charge in [-0.25, -0.2) is 0 Å². The molecule has 0 saturated heterocycles. The summed E-state index contributed by atoms with van der Waals surface area (Å²) in [6, 6.07) is 6.40. The summed E-state index contributed by atoms with van der Waals surface area (Å²) in [5.74, 6) is 4.33. The average Bonchev–Trinajstić information content (AvgIpc) is 2.85. The van der Waals surface area contributed by atoms with Gasteiger partial charge in [0.2, 0.25) is 6.79 Å². The van der Waals surface area contributed by atoms with Gasteiger partial charge in [-0.3, -0.25) is 0 Å². The lowest BCUT2D eigenvalue weighted by Crippen LogP contribution is -2.19. The zero-order valence-electron chi connectivity index (χ0n) is 10.7. The van der Waals surface area contributed by atoms with E-state index in [1.54, 1.807) is 0 Å². The van der Waals surface area contributed by atoms with Crippen LogP contribution >= 0.6 is 0 Å². The number of benzene rings is 1. The summed E-state index contributed by atoms with van der Waals surface area (Å²) in [7, 11) is 0. The molecule has 0 bridgehead atoms. The van der Waals surface area contributed by atoms with Crippen LogP contribution in [0.1, 0.15) is 37.8 Å². The summed E-state index contributed by atoms with van der Waals surface area (Å²) >= 11 is 0. The predicted octanol–water partition coefficient (Wildman–Crippen LogP) is 2.87. The Balaban J connectivity index is 1.82. The van der Waals surface area contributed by atoms with E-state index in [-0.39, 0.29) is 0 Å². The van der Waals surface area contributed by atoms with E-state index in [9.17, 15) is 0 Å². The van der Waals surface area contributed by atoms with Crippen molar-refractivity contribution in [2.24, 2.45) is 0 Å². The van der Waals surface area contributed by atoms with Gasteiger partial charge in [-0.2, -0.15) is 0 Å². The van der Waals surface area contributed by atoms with Gasteiger partial charge in [0.25, 0.3) is 0 Å². The summed E-state index contributed by atoms with van der Waals surface area (Å²) in [4.78, 5) is 0. The van der Waals surface area contributed by atoms with Crippen LogP contribution in [-0.4, -0.2) is 13.3 Å². The first kappa shape index (κ1) is 12.8. The Morgan fingerprint density at radius 2 is 2.17 bits per heavy atom. The summed E-state index contributed by atoms with van der Waals surface area (Å²) in [5, 5.41) is 3.48. The number of ether oxygens (including phenoxy) is 2. The zero-order chi connectivity index (χ0) is 12.8. The smallest absolute Gasteiger partial charge is 0.231 e. The number of fused-ring (bicyclic) bond motifs is 1. The molecule has 1 N–H and O–H groups in total. The van der Waals surface area contributed by atoms with Crippen molar-refractivity contribution in [3.05, 3.63) is 23.8 Å². The molecule has 1 atom stereocenters. The second kappa shape index (κ2) is 6.32. The monoisotopic (exact) mass is 245 g/mol. The van der Waals surface area contributed by atoms with Crippen molar-refractivity contribution in [1.82, 2.24) is 5.32 Å². The Morgan fingerprint density at radius 1 is 1.33 bits per heavy atom. The van der Waals surface area contributed by atoms with Crippen LogP contribution in [0.3, 0.4) is 0 Å². The lowest BCUT2D eigenvalue weighted by molar-refractivity contribution is 0.174. The molecular weight excluding hydrogens is 226 g/mol. The van der Waals surface area contributed by atoms with E-state index in [1.807, 2.05) is 12.1 Å². The van der Waals surface area contributed by atoms with Crippen molar-refractivity contribution < 1.29 is 9.47 Å². The van der Waals surface area contributed by atoms with Crippen LogP contribution in [0.2, 0.25) is 0 Å². The fourth-order valence-electron chi connectivity index (χ4n) is 1.97. The maximum atomic E-state index is 5.37. The normalized spacial score (nSPS) is 14.2. The second-order valence-electron chi connectivity index (χ2n) is 4.45. The largest absolute Gasteiger partial charge is 0.454 e. The van der Waals surface area contributed by atoms with Gasteiger partial charge in [0.1, 0.15) is 0 Å². The molecule has 0 aliphatic carbocycles. The van der Waals surface area contributed by atoms with Crippen LogP contribution in [-0.2, 0) is 0 Å². The van der Waals surface area contributed by atoms with Crippen molar-refractivity contribution in [2.75, 3.05) is 13.3 Å². The van der Waals surface area contributed by atoms with E-state index < -0.39 is 0 Å². The second-order valence-corrected chi connectivity index (χ2v) is 4.45. The number of nitrogens with one attached hydrogen (secondary N) is 1. The molecular formula is C15H19NO2. The lowest BCUT2D eigenvalue weighted by Gasteiger charge is -2.14. The lowest BCUT2D eigenvalue weighted by atomic mass is 10.1. The third kappa shape index (κ3) is 3.18. The van der Waals surface area contributed by atoms with E-state index in [0.717, 1.165) is 37.3 Å². The Kier molecular flexibility index (Phi) is 4.49. The van der Waals surface area contributed by atoms with Gasteiger partial charge in [0.05, 0.1) is 0 Å². The Morgan fingerprint density at radius 3 is 3.00 bits per heavy atom. The third-order valence-corrected chi connectivity index (χ3v) is 3.10. The molecule has 1 aromatic carbocycles. The maximum absolute atomic E-state index is 5.37. The Hall–Kier alpha value is -1.66. The molecule has 0 fully saturated rings. The van der Waals surface area contributed by atoms with E-state index in [1.165, 1.54) is 5.56 Å². The molecule has 0 amide bonds. The molecule has 0 spiro atoms. The van der Waals surface area contributed by atoms with Crippen molar-refractivity contribution in [3.63, 3.8) is 0 Å². The van der Waals surface area contributed by atoms with Gasteiger partial charge in [-0.1, -0.05) is 6.07 Å². The predicted molar refractivity (Wildman–Crippen MR) is 71.7 cm³/mol. The van der Waals surface area contributed by atoms with Crippen LogP contribution in [0, 0.1) is 12.3 Å². The molecule has 18 heavy (non-hydrogen) atoms. The van der Waals surface area contributed by atoms with Crippen molar-refractivity contribution in [1.29, 1.82) is 0 Å². The minimum atomic E-state index is 0.310. The first-order chi connectivity index (χ1) is 8.81. The van der Waals surface area contributed by atoms with Crippen LogP contribution < -0.4 is 14.8 Å². The molecule has 1 aromatic rings. The molecule has 3 nitrogen and oxygen atoms in total. The van der Waals surface area contributed by atoms with Crippen LogP contribution in [0.5, 0.6) is 11.5 Å². The zero-order valence-corrected chi connectivity index (χ0v) is 10.7. The van der Waals surface area contributed by atoms with Gasteiger partial charge in [-0.15, -0.1) is 12.3 Å². The average molecular weight is 245 g/mol. The minimum absolute atomic E-state index is 0.310. The van der Waals surface area contributed by atoms with E-state index in [4.69, 9.17) is 15.9 Å². The fourth-order valence-corrected chi connectivity index (χ4v) is 1.97. The van der Waals surface area contributed by atoms with Crippen molar-refractivity contribution in [3.8, 4) is 23.8 Å². The number of terminal acetylenes is 1. The highest BCUT2D eigenvalue weighted by molar-refractivity contribution is 5.45. The van der Waals surface area contributed by atoms with E-state index >= 15 is 0 Å². The summed E-state index contributed by atoms with van der Waals surface area (Å²) in [6.45, 7) is 3.46. The number of rotatable bonds is 6. The third-order valence-electron chi connectivity index (χ3n) is 3.10. The first-order valence-corrected chi connectivity index (χ1v) is 6.37. The number of hydrogen-bond acceptors (Lipinski definition) is 3. The molecule has 2 rings (SSSR count). The summed E-state index contributed by atoms with van der Waals surface area (Å²) < 4.78 is 10.7. The van der Waals surface area contributed by atoms with Crippen molar-refractivity contribution in [2.45, 2.75) is 32.2 Å². The van der Waals surface area contributed by atoms with Gasteiger partial charge < -0.3 is 14.8 Å². The summed E-state index contributed by atoms with van der Waals surface area (Å²) in [6.07, 6.45) is 8.27. The Bertz CT molecular complexity index is 437.